The number of carbonyl (C=O) groups is 1. The molecule has 2 heterocycles. The van der Waals surface area contributed by atoms with Crippen LogP contribution in [0.3, 0.4) is 0 Å². The van der Waals surface area contributed by atoms with E-state index in [4.69, 9.17) is 10.3 Å². The zero-order chi connectivity index (χ0) is 18.9. The molecule has 6 nitrogen and oxygen atoms in total. The van der Waals surface area contributed by atoms with Crippen molar-refractivity contribution >= 4 is 17.5 Å². The summed E-state index contributed by atoms with van der Waals surface area (Å²) in [6, 6.07) is 13.4. The predicted molar refractivity (Wildman–Crippen MR) is 104 cm³/mol. The van der Waals surface area contributed by atoms with Crippen molar-refractivity contribution in [3.63, 3.8) is 0 Å². The van der Waals surface area contributed by atoms with Crippen LogP contribution in [0, 0.1) is 0 Å². The Morgan fingerprint density at radius 1 is 1.19 bits per heavy atom. The van der Waals surface area contributed by atoms with Gasteiger partial charge in [-0.25, -0.2) is 4.98 Å². The van der Waals surface area contributed by atoms with Crippen molar-refractivity contribution in [2.24, 2.45) is 0 Å². The number of rotatable bonds is 6. The summed E-state index contributed by atoms with van der Waals surface area (Å²) in [6.07, 6.45) is 5.30. The van der Waals surface area contributed by atoms with Gasteiger partial charge < -0.3 is 15.6 Å². The highest BCUT2D eigenvalue weighted by Gasteiger charge is 2.46. The zero-order valence-electron chi connectivity index (χ0n) is 15.2. The van der Waals surface area contributed by atoms with Crippen LogP contribution in [0.15, 0.2) is 53.2 Å². The lowest BCUT2D eigenvalue weighted by Gasteiger charge is -2.05. The summed E-state index contributed by atoms with van der Waals surface area (Å²) in [4.78, 5) is 16.4. The molecule has 3 aromatic rings. The Morgan fingerprint density at radius 3 is 2.56 bits per heavy atom. The molecule has 0 saturated heterocycles. The number of amides is 1. The van der Waals surface area contributed by atoms with E-state index in [1.807, 2.05) is 36.4 Å². The van der Waals surface area contributed by atoms with Gasteiger partial charge in [0.1, 0.15) is 11.6 Å². The summed E-state index contributed by atoms with van der Waals surface area (Å²) in [5.41, 5.74) is 8.70. The van der Waals surface area contributed by atoms with Crippen molar-refractivity contribution in [3.05, 3.63) is 60.0 Å². The van der Waals surface area contributed by atoms with Crippen LogP contribution in [0.4, 0.5) is 11.6 Å². The molecule has 3 N–H and O–H groups in total. The number of pyridine rings is 1. The highest BCUT2D eigenvalue weighted by atomic mass is 16.5. The molecule has 1 aliphatic carbocycles. The smallest absolute Gasteiger partial charge is 0.230 e. The largest absolute Gasteiger partial charge is 0.384 e. The molecule has 0 atom stereocenters. The molecule has 1 aliphatic rings. The van der Waals surface area contributed by atoms with E-state index in [0.717, 1.165) is 41.7 Å². The van der Waals surface area contributed by atoms with E-state index < -0.39 is 0 Å². The molecule has 0 aliphatic heterocycles. The van der Waals surface area contributed by atoms with Gasteiger partial charge in [-0.3, -0.25) is 4.79 Å². The summed E-state index contributed by atoms with van der Waals surface area (Å²) in [5.74, 6) is 1.74. The lowest BCUT2D eigenvalue weighted by molar-refractivity contribution is -0.115. The summed E-state index contributed by atoms with van der Waals surface area (Å²) in [6.45, 7) is 2.15. The number of nitrogens with zero attached hydrogens (tertiary/aromatic N) is 2. The van der Waals surface area contributed by atoms with E-state index in [1.54, 1.807) is 12.3 Å². The van der Waals surface area contributed by atoms with Crippen molar-refractivity contribution in [3.8, 4) is 11.1 Å². The Kier molecular flexibility index (Phi) is 4.39. The SMILES string of the molecule is CCC1(c2cc(NC(=O)Cc3ccc(-c4ccc(N)nc4)cc3)no2)CC1. The number of hydrogen-bond donors (Lipinski definition) is 2. The van der Waals surface area contributed by atoms with Gasteiger partial charge in [0.15, 0.2) is 5.82 Å². The minimum atomic E-state index is -0.113. The lowest BCUT2D eigenvalue weighted by atomic mass is 10.0. The number of hydrogen-bond acceptors (Lipinski definition) is 5. The number of nitrogen functional groups attached to an aromatic ring is 1. The van der Waals surface area contributed by atoms with E-state index >= 15 is 0 Å². The van der Waals surface area contributed by atoms with Gasteiger partial charge in [-0.15, -0.1) is 0 Å². The van der Waals surface area contributed by atoms with Crippen LogP contribution in [-0.4, -0.2) is 16.0 Å². The first kappa shape index (κ1) is 17.3. The number of nitrogens with one attached hydrogen (secondary N) is 1. The Labute approximate surface area is 157 Å². The first-order valence-corrected chi connectivity index (χ1v) is 9.16. The van der Waals surface area contributed by atoms with Crippen LogP contribution in [0.2, 0.25) is 0 Å². The molecular formula is C21H22N4O2. The van der Waals surface area contributed by atoms with Gasteiger partial charge >= 0.3 is 0 Å². The fraction of sp³-hybridized carbons (Fsp3) is 0.286. The van der Waals surface area contributed by atoms with E-state index in [2.05, 4.69) is 22.4 Å². The van der Waals surface area contributed by atoms with E-state index in [9.17, 15) is 4.79 Å². The van der Waals surface area contributed by atoms with Gasteiger partial charge in [-0.1, -0.05) is 36.3 Å². The molecule has 4 rings (SSSR count). The van der Waals surface area contributed by atoms with Gasteiger partial charge in [-0.05, 0) is 42.5 Å². The molecule has 0 spiro atoms. The maximum atomic E-state index is 12.3. The Bertz CT molecular complexity index is 941. The zero-order valence-corrected chi connectivity index (χ0v) is 15.2. The number of aromatic nitrogens is 2. The Hall–Kier alpha value is -3.15. The normalized spacial score (nSPS) is 14.7. The number of anilines is 2. The van der Waals surface area contributed by atoms with Crippen LogP contribution in [0.5, 0.6) is 0 Å². The molecule has 27 heavy (non-hydrogen) atoms. The fourth-order valence-electron chi connectivity index (χ4n) is 3.27. The Morgan fingerprint density at radius 2 is 1.93 bits per heavy atom. The molecule has 0 radical (unpaired) electrons. The summed E-state index contributed by atoms with van der Waals surface area (Å²) in [5, 5.41) is 6.81. The minimum Gasteiger partial charge on any atom is -0.384 e. The lowest BCUT2D eigenvalue weighted by Crippen LogP contribution is -2.14. The molecule has 0 unspecified atom stereocenters. The van der Waals surface area contributed by atoms with E-state index in [0.29, 0.717) is 11.6 Å². The fourth-order valence-corrected chi connectivity index (χ4v) is 3.27. The van der Waals surface area contributed by atoms with Crippen molar-refractivity contribution in [1.82, 2.24) is 10.1 Å². The summed E-state index contributed by atoms with van der Waals surface area (Å²) in [7, 11) is 0. The third kappa shape index (κ3) is 3.69. The first-order chi connectivity index (χ1) is 13.1. The predicted octanol–water partition coefficient (Wildman–Crippen LogP) is 3.94. The van der Waals surface area contributed by atoms with E-state index in [1.165, 1.54) is 0 Å². The van der Waals surface area contributed by atoms with Crippen LogP contribution >= 0.6 is 0 Å². The second-order valence-electron chi connectivity index (χ2n) is 7.10. The van der Waals surface area contributed by atoms with Crippen LogP contribution < -0.4 is 11.1 Å². The molecule has 2 aromatic heterocycles. The van der Waals surface area contributed by atoms with E-state index in [-0.39, 0.29) is 17.7 Å². The van der Waals surface area contributed by atoms with Gasteiger partial charge in [0, 0.05) is 23.2 Å². The summed E-state index contributed by atoms with van der Waals surface area (Å²) < 4.78 is 5.43. The second-order valence-corrected chi connectivity index (χ2v) is 7.10. The van der Waals surface area contributed by atoms with Crippen LogP contribution in [-0.2, 0) is 16.6 Å². The van der Waals surface area contributed by atoms with Crippen molar-refractivity contribution in [1.29, 1.82) is 0 Å². The second kappa shape index (κ2) is 6.87. The van der Waals surface area contributed by atoms with Crippen LogP contribution in [0.25, 0.3) is 11.1 Å². The third-order valence-corrected chi connectivity index (χ3v) is 5.27. The molecule has 1 aromatic carbocycles. The standard InChI is InChI=1S/C21H22N4O2/c1-2-21(9-10-21)17-12-19(25-27-17)24-20(26)11-14-3-5-15(6-4-14)16-7-8-18(22)23-13-16/h3-8,12-13H,2,9-11H2,1H3,(H2,22,23)(H,24,25,26). The number of nitrogens with two attached hydrogens (primary N) is 1. The highest BCUT2D eigenvalue weighted by Crippen LogP contribution is 2.51. The van der Waals surface area contributed by atoms with Gasteiger partial charge in [0.2, 0.25) is 5.91 Å². The molecule has 138 valence electrons. The maximum absolute atomic E-state index is 12.3. The molecule has 1 fully saturated rings. The maximum Gasteiger partial charge on any atom is 0.230 e. The summed E-state index contributed by atoms with van der Waals surface area (Å²) >= 11 is 0. The molecule has 0 bridgehead atoms. The van der Waals surface area contributed by atoms with Crippen molar-refractivity contribution in [2.75, 3.05) is 11.1 Å². The average molecular weight is 362 g/mol. The Balaban J connectivity index is 1.37. The van der Waals surface area contributed by atoms with Gasteiger partial charge in [-0.2, -0.15) is 0 Å². The molecular weight excluding hydrogens is 340 g/mol. The van der Waals surface area contributed by atoms with Gasteiger partial charge in [0.25, 0.3) is 0 Å². The quantitative estimate of drug-likeness (QED) is 0.692. The monoisotopic (exact) mass is 362 g/mol. The van der Waals surface area contributed by atoms with Crippen molar-refractivity contribution in [2.45, 2.75) is 38.0 Å². The number of carbonyl (C=O) groups excluding carboxylic acids is 1. The van der Waals surface area contributed by atoms with Gasteiger partial charge in [0.05, 0.1) is 6.42 Å². The average Bonchev–Trinajstić information content (AvgIpc) is 3.35. The topological polar surface area (TPSA) is 94.0 Å². The number of benzene rings is 1. The minimum absolute atomic E-state index is 0.113. The highest BCUT2D eigenvalue weighted by molar-refractivity contribution is 5.91. The first-order valence-electron chi connectivity index (χ1n) is 9.16. The van der Waals surface area contributed by atoms with Crippen molar-refractivity contribution < 1.29 is 9.32 Å². The molecule has 6 heteroatoms. The molecule has 1 saturated carbocycles. The third-order valence-electron chi connectivity index (χ3n) is 5.27. The molecule has 1 amide bonds. The van der Waals surface area contributed by atoms with Crippen LogP contribution in [0.1, 0.15) is 37.5 Å².